The maximum absolute atomic E-state index is 10.2. The van der Waals surface area contributed by atoms with Crippen LogP contribution in [0.4, 0.5) is 0 Å². The quantitative estimate of drug-likeness (QED) is 0.721. The molecule has 2 N–H and O–H groups in total. The van der Waals surface area contributed by atoms with E-state index in [2.05, 4.69) is 28.4 Å². The van der Waals surface area contributed by atoms with Crippen molar-refractivity contribution in [3.8, 4) is 11.5 Å². The Kier molecular flexibility index (Phi) is 6.89. The highest BCUT2D eigenvalue weighted by Gasteiger charge is 2.16. The molecule has 0 aromatic heterocycles. The first-order chi connectivity index (χ1) is 12.7. The number of aliphatic hydroxyl groups is 1. The van der Waals surface area contributed by atoms with Crippen LogP contribution in [0.2, 0.25) is 0 Å². The first kappa shape index (κ1) is 18.7. The van der Waals surface area contributed by atoms with Gasteiger partial charge in [-0.3, -0.25) is 4.90 Å². The summed E-state index contributed by atoms with van der Waals surface area (Å²) < 4.78 is 11.2. The monoisotopic (exact) mass is 356 g/mol. The van der Waals surface area contributed by atoms with Crippen LogP contribution in [0.15, 0.2) is 48.5 Å². The highest BCUT2D eigenvalue weighted by Crippen LogP contribution is 2.21. The Labute approximate surface area is 155 Å². The van der Waals surface area contributed by atoms with Crippen molar-refractivity contribution in [2.45, 2.75) is 18.9 Å². The van der Waals surface area contributed by atoms with Gasteiger partial charge in [-0.05, 0) is 42.2 Å². The summed E-state index contributed by atoms with van der Waals surface area (Å²) in [6.45, 7) is 3.76. The summed E-state index contributed by atoms with van der Waals surface area (Å²) in [5.74, 6) is 1.74. The smallest absolute Gasteiger partial charge is 0.122 e. The van der Waals surface area contributed by atoms with Gasteiger partial charge in [-0.1, -0.05) is 30.3 Å². The third-order valence-corrected chi connectivity index (χ3v) is 4.63. The number of benzene rings is 2. The zero-order valence-electron chi connectivity index (χ0n) is 15.4. The molecule has 26 heavy (non-hydrogen) atoms. The number of nitrogens with zero attached hydrogens (tertiary/aromatic N) is 1. The van der Waals surface area contributed by atoms with Crippen LogP contribution >= 0.6 is 0 Å². The van der Waals surface area contributed by atoms with Crippen LogP contribution in [0, 0.1) is 0 Å². The second-order valence-electron chi connectivity index (χ2n) is 6.66. The van der Waals surface area contributed by atoms with E-state index >= 15 is 0 Å². The van der Waals surface area contributed by atoms with Crippen LogP contribution in [0.25, 0.3) is 0 Å². The van der Waals surface area contributed by atoms with Crippen LogP contribution in [0.1, 0.15) is 11.1 Å². The Balaban J connectivity index is 1.53. The maximum Gasteiger partial charge on any atom is 0.122 e. The molecule has 2 aromatic carbocycles. The van der Waals surface area contributed by atoms with E-state index in [0.29, 0.717) is 13.2 Å². The molecule has 5 nitrogen and oxygen atoms in total. The number of hydrogen-bond donors (Lipinski definition) is 2. The Morgan fingerprint density at radius 3 is 2.85 bits per heavy atom. The topological polar surface area (TPSA) is 54.0 Å². The molecule has 0 spiro atoms. The predicted molar refractivity (Wildman–Crippen MR) is 103 cm³/mol. The molecule has 0 radical (unpaired) electrons. The van der Waals surface area contributed by atoms with Gasteiger partial charge in [0.25, 0.3) is 0 Å². The van der Waals surface area contributed by atoms with Gasteiger partial charge >= 0.3 is 0 Å². The Hall–Kier alpha value is -2.08. The lowest BCUT2D eigenvalue weighted by Crippen LogP contribution is -2.34. The minimum Gasteiger partial charge on any atom is -0.497 e. The van der Waals surface area contributed by atoms with Crippen molar-refractivity contribution in [3.63, 3.8) is 0 Å². The van der Waals surface area contributed by atoms with Gasteiger partial charge in [0.1, 0.15) is 24.2 Å². The van der Waals surface area contributed by atoms with Crippen molar-refractivity contribution in [1.82, 2.24) is 10.2 Å². The molecule has 2 aromatic rings. The number of aryl methyl sites for hydroxylation is 2. The van der Waals surface area contributed by atoms with Gasteiger partial charge in [-0.2, -0.15) is 0 Å². The molecule has 1 saturated heterocycles. The number of nitrogens with one attached hydrogen (secondary N) is 1. The van der Waals surface area contributed by atoms with E-state index in [1.807, 2.05) is 30.3 Å². The summed E-state index contributed by atoms with van der Waals surface area (Å²) in [6.07, 6.45) is 1.32. The molecule has 3 rings (SSSR count). The second-order valence-corrected chi connectivity index (χ2v) is 6.66. The van der Waals surface area contributed by atoms with Crippen molar-refractivity contribution in [1.29, 1.82) is 0 Å². The molecule has 0 unspecified atom stereocenters. The van der Waals surface area contributed by atoms with Gasteiger partial charge in [0.2, 0.25) is 0 Å². The predicted octanol–water partition coefficient (Wildman–Crippen LogP) is 2.08. The Bertz CT molecular complexity index is 686. The second kappa shape index (κ2) is 9.57. The van der Waals surface area contributed by atoms with Crippen LogP contribution in [0.3, 0.4) is 0 Å². The lowest BCUT2D eigenvalue weighted by atomic mass is 10.0. The number of β-amino-alcohol motifs (C(OH)–C–C–N with tert-alkyl or cyclic N) is 1. The molecule has 1 aliphatic heterocycles. The molecule has 140 valence electrons. The average molecular weight is 356 g/mol. The molecule has 1 fully saturated rings. The summed E-state index contributed by atoms with van der Waals surface area (Å²) >= 11 is 0. The summed E-state index contributed by atoms with van der Waals surface area (Å²) in [5, 5.41) is 13.5. The largest absolute Gasteiger partial charge is 0.497 e. The number of hydrogen-bond acceptors (Lipinski definition) is 5. The minimum atomic E-state index is -0.485. The van der Waals surface area contributed by atoms with Gasteiger partial charge in [-0.25, -0.2) is 0 Å². The van der Waals surface area contributed by atoms with Gasteiger partial charge in [-0.15, -0.1) is 0 Å². The summed E-state index contributed by atoms with van der Waals surface area (Å²) in [4.78, 5) is 2.20. The molecule has 1 heterocycles. The highest BCUT2D eigenvalue weighted by molar-refractivity contribution is 5.35. The van der Waals surface area contributed by atoms with Crippen molar-refractivity contribution in [2.24, 2.45) is 0 Å². The SMILES string of the molecule is COc1cccc(CCc2ccccc2OC[C@H](O)CN2CCNC2)c1. The van der Waals surface area contributed by atoms with Crippen molar-refractivity contribution >= 4 is 0 Å². The van der Waals surface area contributed by atoms with Gasteiger partial charge in [0.05, 0.1) is 7.11 Å². The molecule has 1 aliphatic rings. The third kappa shape index (κ3) is 5.46. The fourth-order valence-electron chi connectivity index (χ4n) is 3.20. The molecular weight excluding hydrogens is 328 g/mol. The van der Waals surface area contributed by atoms with Crippen LogP contribution in [-0.4, -0.2) is 56.1 Å². The standard InChI is InChI=1S/C21H28N2O3/c1-25-20-7-4-5-17(13-20)9-10-18-6-2-3-8-21(18)26-15-19(24)14-23-12-11-22-16-23/h2-8,13,19,22,24H,9-12,14-16H2,1H3/t19-/m1/s1. The lowest BCUT2D eigenvalue weighted by Gasteiger charge is -2.20. The Morgan fingerprint density at radius 1 is 1.15 bits per heavy atom. The zero-order chi connectivity index (χ0) is 18.2. The third-order valence-electron chi connectivity index (χ3n) is 4.63. The van der Waals surface area contributed by atoms with Gasteiger partial charge in [0, 0.05) is 26.3 Å². The van der Waals surface area contributed by atoms with E-state index < -0.39 is 6.10 Å². The number of methoxy groups -OCH3 is 1. The van der Waals surface area contributed by atoms with Crippen LogP contribution < -0.4 is 14.8 Å². The molecular formula is C21H28N2O3. The normalized spacial score (nSPS) is 15.8. The highest BCUT2D eigenvalue weighted by atomic mass is 16.5. The van der Waals surface area contributed by atoms with Gasteiger partial charge in [0.15, 0.2) is 0 Å². The molecule has 0 saturated carbocycles. The summed E-state index contributed by atoms with van der Waals surface area (Å²) in [5.41, 5.74) is 2.39. The lowest BCUT2D eigenvalue weighted by molar-refractivity contribution is 0.0751. The molecule has 0 aliphatic carbocycles. The van der Waals surface area contributed by atoms with E-state index in [4.69, 9.17) is 9.47 Å². The first-order valence-electron chi connectivity index (χ1n) is 9.19. The number of aliphatic hydroxyl groups excluding tert-OH is 1. The van der Waals surface area contributed by atoms with E-state index in [1.165, 1.54) is 5.56 Å². The molecule has 0 amide bonds. The van der Waals surface area contributed by atoms with Crippen LogP contribution in [-0.2, 0) is 12.8 Å². The molecule has 0 bridgehead atoms. The first-order valence-corrected chi connectivity index (χ1v) is 9.19. The Morgan fingerprint density at radius 2 is 2.04 bits per heavy atom. The van der Waals surface area contributed by atoms with Crippen molar-refractivity contribution in [3.05, 3.63) is 59.7 Å². The van der Waals surface area contributed by atoms with E-state index in [1.54, 1.807) is 7.11 Å². The number of ether oxygens (including phenoxy) is 2. The molecule has 5 heteroatoms. The van der Waals surface area contributed by atoms with E-state index in [0.717, 1.165) is 49.7 Å². The summed E-state index contributed by atoms with van der Waals surface area (Å²) in [6, 6.07) is 16.2. The fraction of sp³-hybridized carbons (Fsp3) is 0.429. The van der Waals surface area contributed by atoms with Crippen molar-refractivity contribution in [2.75, 3.05) is 40.0 Å². The zero-order valence-corrected chi connectivity index (χ0v) is 15.4. The number of para-hydroxylation sites is 1. The summed E-state index contributed by atoms with van der Waals surface area (Å²) in [7, 11) is 1.69. The average Bonchev–Trinajstić information content (AvgIpc) is 3.18. The number of rotatable bonds is 9. The fourth-order valence-corrected chi connectivity index (χ4v) is 3.20. The minimum absolute atomic E-state index is 0.312. The van der Waals surface area contributed by atoms with E-state index in [-0.39, 0.29) is 0 Å². The molecule has 1 atom stereocenters. The van der Waals surface area contributed by atoms with Gasteiger partial charge < -0.3 is 19.9 Å². The van der Waals surface area contributed by atoms with Crippen LogP contribution in [0.5, 0.6) is 11.5 Å². The van der Waals surface area contributed by atoms with Crippen molar-refractivity contribution < 1.29 is 14.6 Å². The van der Waals surface area contributed by atoms with E-state index in [9.17, 15) is 5.11 Å². The maximum atomic E-state index is 10.2.